The molecule has 1 N–H and O–H groups in total. The molecule has 5 heteroatoms. The molecule has 104 valence electrons. The van der Waals surface area contributed by atoms with Crippen molar-refractivity contribution in [3.63, 3.8) is 0 Å². The van der Waals surface area contributed by atoms with E-state index in [-0.39, 0.29) is 24.8 Å². The number of carbonyl (C=O) groups is 2. The van der Waals surface area contributed by atoms with Gasteiger partial charge in [-0.3, -0.25) is 4.79 Å². The molecule has 1 aromatic carbocycles. The van der Waals surface area contributed by atoms with Gasteiger partial charge in [-0.05, 0) is 17.7 Å². The summed E-state index contributed by atoms with van der Waals surface area (Å²) in [4.78, 5) is 24.8. The fourth-order valence-electron chi connectivity index (χ4n) is 2.36. The van der Waals surface area contributed by atoms with Gasteiger partial charge in [-0.2, -0.15) is 0 Å². The number of carboxylic acids is 1. The van der Waals surface area contributed by atoms with E-state index in [1.807, 2.05) is 0 Å². The minimum Gasteiger partial charge on any atom is -0.497 e. The zero-order chi connectivity index (χ0) is 14.7. The Morgan fingerprint density at radius 2 is 2.35 bits per heavy atom. The first-order chi connectivity index (χ1) is 9.56. The first-order valence-electron chi connectivity index (χ1n) is 6.19. The molecule has 0 radical (unpaired) electrons. The van der Waals surface area contributed by atoms with E-state index in [1.54, 1.807) is 24.3 Å². The van der Waals surface area contributed by atoms with Gasteiger partial charge < -0.3 is 14.7 Å². The van der Waals surface area contributed by atoms with Crippen LogP contribution in [-0.2, 0) is 9.59 Å². The molecule has 1 aliphatic rings. The van der Waals surface area contributed by atoms with Crippen LogP contribution in [0, 0.1) is 18.3 Å². The molecular weight excluding hydrogens is 258 g/mol. The number of nitrogens with zero attached hydrogens (tertiary/aromatic N) is 1. The average Bonchev–Trinajstić information content (AvgIpc) is 2.80. The van der Waals surface area contributed by atoms with Gasteiger partial charge in [-0.25, -0.2) is 4.79 Å². The standard InChI is InChI=1S/C15H15NO4/c1-3-10-7-13(17)16(9-10)14(15(18)19)11-5-4-6-12(8-11)20-2/h1,4-6,8,10,14H,7,9H2,2H3,(H,18,19). The lowest BCUT2D eigenvalue weighted by Gasteiger charge is -2.25. The van der Waals surface area contributed by atoms with Crippen molar-refractivity contribution in [1.82, 2.24) is 4.90 Å². The number of likely N-dealkylation sites (tertiary alicyclic amines) is 1. The van der Waals surface area contributed by atoms with Gasteiger partial charge in [0, 0.05) is 18.9 Å². The summed E-state index contributed by atoms with van der Waals surface area (Å²) >= 11 is 0. The van der Waals surface area contributed by atoms with Gasteiger partial charge in [0.15, 0.2) is 6.04 Å². The number of hydrogen-bond donors (Lipinski definition) is 1. The molecule has 1 saturated heterocycles. The van der Waals surface area contributed by atoms with E-state index < -0.39 is 12.0 Å². The van der Waals surface area contributed by atoms with Crippen LogP contribution in [0.15, 0.2) is 24.3 Å². The summed E-state index contributed by atoms with van der Waals surface area (Å²) in [5.41, 5.74) is 0.503. The third kappa shape index (κ3) is 2.59. The lowest BCUT2D eigenvalue weighted by Crippen LogP contribution is -2.35. The van der Waals surface area contributed by atoms with Crippen LogP contribution in [-0.4, -0.2) is 35.5 Å². The second-order valence-electron chi connectivity index (χ2n) is 4.63. The Kier molecular flexibility index (Phi) is 3.94. The summed E-state index contributed by atoms with van der Waals surface area (Å²) in [7, 11) is 1.50. The van der Waals surface area contributed by atoms with Crippen LogP contribution >= 0.6 is 0 Å². The van der Waals surface area contributed by atoms with Crippen molar-refractivity contribution in [3.05, 3.63) is 29.8 Å². The molecule has 1 aliphatic heterocycles. The van der Waals surface area contributed by atoms with Crippen LogP contribution in [0.1, 0.15) is 18.0 Å². The van der Waals surface area contributed by atoms with Gasteiger partial charge in [0.2, 0.25) is 5.91 Å². The highest BCUT2D eigenvalue weighted by Crippen LogP contribution is 2.30. The maximum Gasteiger partial charge on any atom is 0.331 e. The van der Waals surface area contributed by atoms with Gasteiger partial charge in [0.1, 0.15) is 5.75 Å². The van der Waals surface area contributed by atoms with Crippen LogP contribution in [0.3, 0.4) is 0 Å². The molecule has 2 unspecified atom stereocenters. The molecule has 5 nitrogen and oxygen atoms in total. The van der Waals surface area contributed by atoms with Gasteiger partial charge in [0.05, 0.1) is 7.11 Å². The summed E-state index contributed by atoms with van der Waals surface area (Å²) in [6.07, 6.45) is 5.52. The number of terminal acetylenes is 1. The molecule has 2 rings (SSSR count). The summed E-state index contributed by atoms with van der Waals surface area (Å²) in [5, 5.41) is 9.44. The Labute approximate surface area is 117 Å². The second kappa shape index (κ2) is 5.66. The number of ether oxygens (including phenoxy) is 1. The minimum absolute atomic E-state index is 0.199. The molecule has 20 heavy (non-hydrogen) atoms. The molecule has 1 fully saturated rings. The molecular formula is C15H15NO4. The first-order valence-corrected chi connectivity index (χ1v) is 6.19. The second-order valence-corrected chi connectivity index (χ2v) is 4.63. The molecule has 0 bridgehead atoms. The van der Waals surface area contributed by atoms with Crippen LogP contribution < -0.4 is 4.74 Å². The number of carboxylic acid groups (broad SMARTS) is 1. The molecule has 1 amide bonds. The number of hydrogen-bond acceptors (Lipinski definition) is 3. The van der Waals surface area contributed by atoms with Crippen LogP contribution in [0.2, 0.25) is 0 Å². The van der Waals surface area contributed by atoms with E-state index in [0.29, 0.717) is 11.3 Å². The van der Waals surface area contributed by atoms with E-state index in [9.17, 15) is 14.7 Å². The van der Waals surface area contributed by atoms with Crippen molar-refractivity contribution < 1.29 is 19.4 Å². The fourth-order valence-corrected chi connectivity index (χ4v) is 2.36. The SMILES string of the molecule is C#CC1CC(=O)N(C(C(=O)O)c2cccc(OC)c2)C1. The molecule has 0 aromatic heterocycles. The van der Waals surface area contributed by atoms with Crippen LogP contribution in [0.25, 0.3) is 0 Å². The maximum atomic E-state index is 12.0. The van der Waals surface area contributed by atoms with Gasteiger partial charge >= 0.3 is 5.97 Å². The third-order valence-electron chi connectivity index (χ3n) is 3.35. The molecule has 0 saturated carbocycles. The zero-order valence-electron chi connectivity index (χ0n) is 11.1. The van der Waals surface area contributed by atoms with E-state index in [1.165, 1.54) is 12.0 Å². The third-order valence-corrected chi connectivity index (χ3v) is 3.35. The summed E-state index contributed by atoms with van der Waals surface area (Å²) in [5.74, 6) is 1.52. The number of carbonyl (C=O) groups excluding carboxylic acids is 1. The van der Waals surface area contributed by atoms with E-state index in [2.05, 4.69) is 5.92 Å². The van der Waals surface area contributed by atoms with Crippen molar-refractivity contribution in [1.29, 1.82) is 0 Å². The molecule has 0 aliphatic carbocycles. The lowest BCUT2D eigenvalue weighted by molar-refractivity contribution is -0.148. The Morgan fingerprint density at radius 3 is 2.90 bits per heavy atom. The molecule has 2 atom stereocenters. The van der Waals surface area contributed by atoms with Crippen molar-refractivity contribution in [3.8, 4) is 18.1 Å². The summed E-state index contributed by atoms with van der Waals surface area (Å²) in [6, 6.07) is 5.67. The molecule has 0 spiro atoms. The number of amides is 1. The topological polar surface area (TPSA) is 66.8 Å². The van der Waals surface area contributed by atoms with E-state index in [0.717, 1.165) is 0 Å². The zero-order valence-corrected chi connectivity index (χ0v) is 11.1. The van der Waals surface area contributed by atoms with Crippen LogP contribution in [0.4, 0.5) is 0 Å². The highest BCUT2D eigenvalue weighted by molar-refractivity contribution is 5.86. The lowest BCUT2D eigenvalue weighted by atomic mass is 10.1. The summed E-state index contributed by atoms with van der Waals surface area (Å²) in [6.45, 7) is 0.267. The first kappa shape index (κ1) is 13.9. The molecule has 1 heterocycles. The largest absolute Gasteiger partial charge is 0.497 e. The Bertz CT molecular complexity index is 575. The highest BCUT2D eigenvalue weighted by Gasteiger charge is 2.38. The number of methoxy groups -OCH3 is 1. The van der Waals surface area contributed by atoms with Gasteiger partial charge in [0.25, 0.3) is 0 Å². The van der Waals surface area contributed by atoms with Crippen molar-refractivity contribution in [2.24, 2.45) is 5.92 Å². The van der Waals surface area contributed by atoms with Crippen molar-refractivity contribution in [2.75, 3.05) is 13.7 Å². The predicted molar refractivity (Wildman–Crippen MR) is 72.0 cm³/mol. The smallest absolute Gasteiger partial charge is 0.331 e. The Morgan fingerprint density at radius 1 is 1.60 bits per heavy atom. The van der Waals surface area contributed by atoms with E-state index >= 15 is 0 Å². The summed E-state index contributed by atoms with van der Waals surface area (Å²) < 4.78 is 5.09. The monoisotopic (exact) mass is 273 g/mol. The Hall–Kier alpha value is -2.48. The Balaban J connectivity index is 2.35. The van der Waals surface area contributed by atoms with Crippen molar-refractivity contribution >= 4 is 11.9 Å². The quantitative estimate of drug-likeness (QED) is 0.840. The molecule has 1 aromatic rings. The maximum absolute atomic E-state index is 12.0. The number of rotatable bonds is 4. The van der Waals surface area contributed by atoms with Gasteiger partial charge in [-0.15, -0.1) is 12.3 Å². The van der Waals surface area contributed by atoms with Crippen molar-refractivity contribution in [2.45, 2.75) is 12.5 Å². The highest BCUT2D eigenvalue weighted by atomic mass is 16.5. The predicted octanol–water partition coefficient (Wildman–Crippen LogP) is 1.30. The van der Waals surface area contributed by atoms with E-state index in [4.69, 9.17) is 11.2 Å². The van der Waals surface area contributed by atoms with Gasteiger partial charge in [-0.1, -0.05) is 12.1 Å². The normalized spacial score (nSPS) is 19.5. The fraction of sp³-hybridized carbons (Fsp3) is 0.333. The number of benzene rings is 1. The average molecular weight is 273 g/mol. The number of aliphatic carboxylic acids is 1. The minimum atomic E-state index is -1.08. The van der Waals surface area contributed by atoms with Crippen LogP contribution in [0.5, 0.6) is 5.75 Å².